The fourth-order valence-electron chi connectivity index (χ4n) is 2.88. The van der Waals surface area contributed by atoms with E-state index in [1.54, 1.807) is 16.8 Å². The molecule has 1 atom stereocenters. The zero-order chi connectivity index (χ0) is 18.1. The molecule has 6 nitrogen and oxygen atoms in total. The number of hydrogen-bond donors (Lipinski definition) is 1. The molecule has 3 aromatic rings. The first-order valence-corrected chi connectivity index (χ1v) is 8.72. The van der Waals surface area contributed by atoms with Gasteiger partial charge in [-0.3, -0.25) is 10.1 Å². The van der Waals surface area contributed by atoms with Crippen molar-refractivity contribution < 1.29 is 9.53 Å². The van der Waals surface area contributed by atoms with Gasteiger partial charge in [-0.1, -0.05) is 41.4 Å². The van der Waals surface area contributed by atoms with Crippen LogP contribution < -0.4 is 10.1 Å². The van der Waals surface area contributed by atoms with E-state index >= 15 is 0 Å². The van der Waals surface area contributed by atoms with Crippen LogP contribution in [0.3, 0.4) is 0 Å². The molecular formula is C18H14Cl2N4O2. The van der Waals surface area contributed by atoms with Crippen LogP contribution in [0.2, 0.25) is 10.0 Å². The van der Waals surface area contributed by atoms with Gasteiger partial charge in [-0.25, -0.2) is 4.68 Å². The zero-order valence-corrected chi connectivity index (χ0v) is 15.0. The van der Waals surface area contributed by atoms with Crippen LogP contribution in [0.5, 0.6) is 5.75 Å². The first-order valence-electron chi connectivity index (χ1n) is 7.96. The number of rotatable bonds is 4. The molecule has 0 saturated carbocycles. The molecule has 4 rings (SSSR count). The van der Waals surface area contributed by atoms with Crippen LogP contribution >= 0.6 is 23.2 Å². The highest BCUT2D eigenvalue weighted by atomic mass is 35.5. The van der Waals surface area contributed by atoms with Crippen LogP contribution in [0.15, 0.2) is 48.8 Å². The summed E-state index contributed by atoms with van der Waals surface area (Å²) in [7, 11) is 0. The fraction of sp³-hybridized carbons (Fsp3) is 0.167. The number of hydrogen-bond acceptors (Lipinski definition) is 4. The summed E-state index contributed by atoms with van der Waals surface area (Å²) in [5, 5.41) is 8.06. The van der Waals surface area contributed by atoms with Gasteiger partial charge in [-0.05, 0) is 29.8 Å². The van der Waals surface area contributed by atoms with Crippen LogP contribution in [-0.4, -0.2) is 20.7 Å². The molecule has 1 aromatic heterocycles. The summed E-state index contributed by atoms with van der Waals surface area (Å²) in [5.41, 5.74) is 1.77. The first-order chi connectivity index (χ1) is 12.6. The number of aromatic nitrogens is 3. The quantitative estimate of drug-likeness (QED) is 0.730. The molecule has 1 aliphatic heterocycles. The Morgan fingerprint density at radius 3 is 2.96 bits per heavy atom. The normalized spacial score (nSPS) is 16.1. The van der Waals surface area contributed by atoms with Crippen molar-refractivity contribution in [1.82, 2.24) is 14.8 Å². The van der Waals surface area contributed by atoms with Crippen LogP contribution in [0, 0.1) is 0 Å². The van der Waals surface area contributed by atoms with E-state index < -0.39 is 0 Å². The summed E-state index contributed by atoms with van der Waals surface area (Å²) in [6, 6.07) is 12.7. The van der Waals surface area contributed by atoms with Crippen molar-refractivity contribution in [3.05, 3.63) is 70.0 Å². The Labute approximate surface area is 159 Å². The molecule has 0 aliphatic carbocycles. The summed E-state index contributed by atoms with van der Waals surface area (Å²) in [6.45, 7) is 0.319. The molecule has 0 spiro atoms. The van der Waals surface area contributed by atoms with E-state index in [2.05, 4.69) is 15.4 Å². The van der Waals surface area contributed by atoms with Crippen LogP contribution in [0.4, 0.5) is 5.95 Å². The summed E-state index contributed by atoms with van der Waals surface area (Å²) in [4.78, 5) is 16.0. The molecule has 2 heterocycles. The lowest BCUT2D eigenvalue weighted by molar-refractivity contribution is -0.117. The Hall–Kier alpha value is -2.57. The number of fused-ring (bicyclic) bond motifs is 1. The minimum absolute atomic E-state index is 0.0882. The second-order valence-electron chi connectivity index (χ2n) is 5.89. The standard InChI is InChI=1S/C18H14Cl2N4O2/c19-13-5-4-12(15(20)7-13)9-26-14-3-1-2-11(6-14)16-8-17(25)23-18-21-10-22-24(16)18/h1-7,10,16H,8-9H2,(H,21,22,23,25)/t16-/m0/s1. The maximum atomic E-state index is 11.9. The van der Waals surface area contributed by atoms with E-state index in [0.717, 1.165) is 11.1 Å². The Kier molecular flexibility index (Phi) is 4.53. The number of anilines is 1. The third kappa shape index (κ3) is 3.38. The van der Waals surface area contributed by atoms with Gasteiger partial charge in [0.05, 0.1) is 12.5 Å². The van der Waals surface area contributed by atoms with Gasteiger partial charge in [0.15, 0.2) is 0 Å². The highest BCUT2D eigenvalue weighted by molar-refractivity contribution is 6.35. The largest absolute Gasteiger partial charge is 0.489 e. The van der Waals surface area contributed by atoms with Crippen molar-refractivity contribution in [2.45, 2.75) is 19.1 Å². The monoisotopic (exact) mass is 388 g/mol. The molecule has 0 unspecified atom stereocenters. The Morgan fingerprint density at radius 1 is 1.23 bits per heavy atom. The summed E-state index contributed by atoms with van der Waals surface area (Å²) < 4.78 is 7.57. The third-order valence-corrected chi connectivity index (χ3v) is 4.74. The summed E-state index contributed by atoms with van der Waals surface area (Å²) >= 11 is 12.1. The number of carbonyl (C=O) groups is 1. The van der Waals surface area contributed by atoms with Crippen molar-refractivity contribution in [2.24, 2.45) is 0 Å². The smallest absolute Gasteiger partial charge is 0.229 e. The number of carbonyl (C=O) groups excluding carboxylic acids is 1. The number of nitrogens with zero attached hydrogens (tertiary/aromatic N) is 3. The van der Waals surface area contributed by atoms with E-state index in [0.29, 0.717) is 34.8 Å². The molecule has 8 heteroatoms. The molecule has 0 fully saturated rings. The molecule has 1 N–H and O–H groups in total. The average Bonchev–Trinajstić information content (AvgIpc) is 3.09. The van der Waals surface area contributed by atoms with Crippen molar-refractivity contribution in [1.29, 1.82) is 0 Å². The van der Waals surface area contributed by atoms with Crippen molar-refractivity contribution >= 4 is 35.1 Å². The van der Waals surface area contributed by atoms with Crippen molar-refractivity contribution in [2.75, 3.05) is 5.32 Å². The molecule has 1 aliphatic rings. The Bertz CT molecular complexity index is 973. The molecule has 132 valence electrons. The highest BCUT2D eigenvalue weighted by Gasteiger charge is 2.27. The van der Waals surface area contributed by atoms with Gasteiger partial charge < -0.3 is 4.74 Å². The third-order valence-electron chi connectivity index (χ3n) is 4.15. The lowest BCUT2D eigenvalue weighted by Gasteiger charge is -2.24. The topological polar surface area (TPSA) is 69.0 Å². The lowest BCUT2D eigenvalue weighted by Crippen LogP contribution is -2.29. The summed E-state index contributed by atoms with van der Waals surface area (Å²) in [6.07, 6.45) is 1.72. The van der Waals surface area contributed by atoms with E-state index in [9.17, 15) is 4.79 Å². The average molecular weight is 389 g/mol. The van der Waals surface area contributed by atoms with Gasteiger partial charge in [0, 0.05) is 15.6 Å². The molecule has 0 saturated heterocycles. The minimum atomic E-state index is -0.219. The van der Waals surface area contributed by atoms with Gasteiger partial charge in [-0.2, -0.15) is 10.1 Å². The van der Waals surface area contributed by atoms with Crippen LogP contribution in [0.25, 0.3) is 0 Å². The molecular weight excluding hydrogens is 375 g/mol. The maximum absolute atomic E-state index is 11.9. The van der Waals surface area contributed by atoms with Gasteiger partial charge in [0.1, 0.15) is 18.7 Å². The SMILES string of the molecule is O=C1C[C@@H](c2cccc(OCc3ccc(Cl)cc3Cl)c2)n2ncnc2N1. The van der Waals surface area contributed by atoms with Crippen molar-refractivity contribution in [3.63, 3.8) is 0 Å². The second kappa shape index (κ2) is 6.97. The number of amides is 1. The predicted octanol–water partition coefficient (Wildman–Crippen LogP) is 4.10. The predicted molar refractivity (Wildman–Crippen MR) is 98.6 cm³/mol. The fourth-order valence-corrected chi connectivity index (χ4v) is 3.34. The minimum Gasteiger partial charge on any atom is -0.489 e. The van der Waals surface area contributed by atoms with E-state index in [1.807, 2.05) is 30.3 Å². The van der Waals surface area contributed by atoms with E-state index in [-0.39, 0.29) is 11.9 Å². The zero-order valence-electron chi connectivity index (χ0n) is 13.5. The van der Waals surface area contributed by atoms with Gasteiger partial charge in [0.2, 0.25) is 11.9 Å². The van der Waals surface area contributed by atoms with Gasteiger partial charge in [-0.15, -0.1) is 0 Å². The Morgan fingerprint density at radius 2 is 2.12 bits per heavy atom. The number of nitrogens with one attached hydrogen (secondary N) is 1. The number of benzene rings is 2. The lowest BCUT2D eigenvalue weighted by atomic mass is 10.0. The Balaban J connectivity index is 1.55. The van der Waals surface area contributed by atoms with Gasteiger partial charge in [0.25, 0.3) is 0 Å². The first kappa shape index (κ1) is 16.9. The molecule has 0 bridgehead atoms. The van der Waals surface area contributed by atoms with Gasteiger partial charge >= 0.3 is 0 Å². The second-order valence-corrected chi connectivity index (χ2v) is 6.74. The van der Waals surface area contributed by atoms with Crippen molar-refractivity contribution in [3.8, 4) is 5.75 Å². The molecule has 0 radical (unpaired) electrons. The molecule has 2 aromatic carbocycles. The highest BCUT2D eigenvalue weighted by Crippen LogP contribution is 2.30. The molecule has 1 amide bonds. The van der Waals surface area contributed by atoms with Crippen LogP contribution in [0.1, 0.15) is 23.6 Å². The van der Waals surface area contributed by atoms with E-state index in [1.165, 1.54) is 6.33 Å². The molecule has 26 heavy (non-hydrogen) atoms. The van der Waals surface area contributed by atoms with Crippen LogP contribution in [-0.2, 0) is 11.4 Å². The summed E-state index contributed by atoms with van der Waals surface area (Å²) in [5.74, 6) is 1.04. The van der Waals surface area contributed by atoms with E-state index in [4.69, 9.17) is 27.9 Å². The maximum Gasteiger partial charge on any atom is 0.229 e. The number of halogens is 2. The number of ether oxygens (including phenoxy) is 1.